The number of nitrogens with one attached hydrogen (secondary N) is 1. The fourth-order valence-corrected chi connectivity index (χ4v) is 6.92. The van der Waals surface area contributed by atoms with E-state index < -0.39 is 23.8 Å². The molecule has 244 valence electrons. The van der Waals surface area contributed by atoms with Gasteiger partial charge < -0.3 is 24.7 Å². The molecule has 2 fully saturated rings. The number of aromatic nitrogens is 2. The Hall–Kier alpha value is -4.57. The Bertz CT molecular complexity index is 1860. The molecule has 11 heteroatoms. The van der Waals surface area contributed by atoms with E-state index >= 15 is 0 Å². The smallest absolute Gasteiger partial charge is 0.410 e. The van der Waals surface area contributed by atoms with Crippen LogP contribution in [0.5, 0.6) is 0 Å². The van der Waals surface area contributed by atoms with Gasteiger partial charge in [-0.25, -0.2) is 19.2 Å². The van der Waals surface area contributed by atoms with Gasteiger partial charge >= 0.3 is 12.2 Å². The summed E-state index contributed by atoms with van der Waals surface area (Å²) in [4.78, 5) is 47.1. The first-order valence-electron chi connectivity index (χ1n) is 16.1. The van der Waals surface area contributed by atoms with Gasteiger partial charge in [-0.2, -0.15) is 0 Å². The second-order valence-corrected chi connectivity index (χ2v) is 13.8. The third-order valence-electron chi connectivity index (χ3n) is 9.03. The van der Waals surface area contributed by atoms with Gasteiger partial charge in [0.25, 0.3) is 5.56 Å². The first-order chi connectivity index (χ1) is 22.6. The normalized spacial score (nSPS) is 16.9. The molecule has 1 saturated carbocycles. The molecule has 47 heavy (non-hydrogen) atoms. The minimum Gasteiger partial charge on any atom is -0.449 e. The molecule has 0 spiro atoms. The number of hydrogen-bond acceptors (Lipinski definition) is 7. The summed E-state index contributed by atoms with van der Waals surface area (Å²) in [7, 11) is 0. The number of nitrogens with zero attached hydrogens (tertiary/aromatic N) is 4. The molecule has 1 N–H and O–H groups in total. The summed E-state index contributed by atoms with van der Waals surface area (Å²) in [6, 6.07) is 21.0. The SMILES string of the molecule is CC(C)(C)OC(=O)N1CCN(n2c([C@@H](NC(=O)OCC3c4ccccc4-c4ccccc43)C3CC3)nc3cccc(Cl)c3c2=O)CC1. The first kappa shape index (κ1) is 31.1. The molecule has 7 rings (SSSR count). The van der Waals surface area contributed by atoms with Crippen LogP contribution < -0.4 is 15.9 Å². The molecule has 1 saturated heterocycles. The highest BCUT2D eigenvalue weighted by Gasteiger charge is 2.39. The monoisotopic (exact) mass is 655 g/mol. The number of piperazine rings is 1. The molecule has 2 amide bonds. The fourth-order valence-electron chi connectivity index (χ4n) is 6.67. The average Bonchev–Trinajstić information content (AvgIpc) is 3.84. The lowest BCUT2D eigenvalue weighted by Gasteiger charge is -2.38. The van der Waals surface area contributed by atoms with E-state index in [1.54, 1.807) is 27.8 Å². The molecule has 1 aromatic heterocycles. The van der Waals surface area contributed by atoms with Crippen LogP contribution in [0.4, 0.5) is 9.59 Å². The van der Waals surface area contributed by atoms with Crippen molar-refractivity contribution in [3.05, 3.63) is 99.1 Å². The van der Waals surface area contributed by atoms with Gasteiger partial charge in [0.05, 0.1) is 35.1 Å². The Kier molecular flexibility index (Phi) is 8.08. The van der Waals surface area contributed by atoms with E-state index in [0.717, 1.165) is 35.1 Å². The third-order valence-corrected chi connectivity index (χ3v) is 9.34. The lowest BCUT2D eigenvalue weighted by Crippen LogP contribution is -2.57. The molecule has 1 aliphatic heterocycles. The molecule has 4 aromatic rings. The van der Waals surface area contributed by atoms with Gasteiger partial charge in [-0.1, -0.05) is 66.2 Å². The van der Waals surface area contributed by atoms with Crippen molar-refractivity contribution in [3.8, 4) is 11.1 Å². The maximum absolute atomic E-state index is 14.2. The van der Waals surface area contributed by atoms with Gasteiger partial charge in [0.2, 0.25) is 0 Å². The minimum absolute atomic E-state index is 0.0760. The number of amides is 2. The van der Waals surface area contributed by atoms with Crippen LogP contribution in [-0.4, -0.2) is 65.1 Å². The van der Waals surface area contributed by atoms with Crippen LogP contribution in [0.2, 0.25) is 5.02 Å². The molecular formula is C36H38ClN5O5. The van der Waals surface area contributed by atoms with Gasteiger partial charge in [0.15, 0.2) is 5.82 Å². The van der Waals surface area contributed by atoms with Crippen molar-refractivity contribution < 1.29 is 19.1 Å². The molecule has 0 unspecified atom stereocenters. The summed E-state index contributed by atoms with van der Waals surface area (Å²) < 4.78 is 13.0. The summed E-state index contributed by atoms with van der Waals surface area (Å²) in [6.07, 6.45) is 0.802. The van der Waals surface area contributed by atoms with Crippen molar-refractivity contribution in [2.45, 2.75) is 51.2 Å². The van der Waals surface area contributed by atoms with Crippen LogP contribution in [0.25, 0.3) is 22.0 Å². The quantitative estimate of drug-likeness (QED) is 0.263. The lowest BCUT2D eigenvalue weighted by molar-refractivity contribution is 0.0231. The Morgan fingerprint density at radius 3 is 2.19 bits per heavy atom. The van der Waals surface area contributed by atoms with E-state index in [-0.39, 0.29) is 24.0 Å². The van der Waals surface area contributed by atoms with Gasteiger partial charge in [-0.15, -0.1) is 0 Å². The van der Waals surface area contributed by atoms with E-state index in [0.29, 0.717) is 47.9 Å². The highest BCUT2D eigenvalue weighted by Crippen LogP contribution is 2.45. The number of halogens is 1. The van der Waals surface area contributed by atoms with E-state index in [2.05, 4.69) is 29.6 Å². The number of hydrogen-bond donors (Lipinski definition) is 1. The van der Waals surface area contributed by atoms with E-state index in [9.17, 15) is 14.4 Å². The van der Waals surface area contributed by atoms with Crippen molar-refractivity contribution in [2.24, 2.45) is 5.92 Å². The number of ether oxygens (including phenoxy) is 2. The maximum atomic E-state index is 14.2. The topological polar surface area (TPSA) is 106 Å². The predicted molar refractivity (Wildman–Crippen MR) is 180 cm³/mol. The third kappa shape index (κ3) is 6.14. The zero-order valence-corrected chi connectivity index (χ0v) is 27.5. The maximum Gasteiger partial charge on any atom is 0.410 e. The summed E-state index contributed by atoms with van der Waals surface area (Å²) in [5.74, 6) is 0.438. The molecule has 0 radical (unpaired) electrons. The second-order valence-electron chi connectivity index (χ2n) is 13.4. The Morgan fingerprint density at radius 2 is 1.57 bits per heavy atom. The number of benzene rings is 3. The average molecular weight is 656 g/mol. The van der Waals surface area contributed by atoms with Gasteiger partial charge in [-0.05, 0) is 73.9 Å². The summed E-state index contributed by atoms with van der Waals surface area (Å²) in [5.41, 5.74) is 4.10. The van der Waals surface area contributed by atoms with E-state index in [4.69, 9.17) is 26.1 Å². The molecule has 3 aromatic carbocycles. The van der Waals surface area contributed by atoms with E-state index in [1.165, 1.54) is 0 Å². The number of carbonyl (C=O) groups is 2. The number of carbonyl (C=O) groups excluding carboxylic acids is 2. The van der Waals surface area contributed by atoms with Gasteiger partial charge in [-0.3, -0.25) is 4.79 Å². The van der Waals surface area contributed by atoms with Crippen LogP contribution in [-0.2, 0) is 9.47 Å². The van der Waals surface area contributed by atoms with Crippen molar-refractivity contribution >= 4 is 34.7 Å². The van der Waals surface area contributed by atoms with Gasteiger partial charge in [0, 0.05) is 19.0 Å². The van der Waals surface area contributed by atoms with E-state index in [1.807, 2.05) is 50.0 Å². The molecule has 2 heterocycles. The highest BCUT2D eigenvalue weighted by atomic mass is 35.5. The summed E-state index contributed by atoms with van der Waals surface area (Å²) >= 11 is 6.53. The van der Waals surface area contributed by atoms with Crippen LogP contribution >= 0.6 is 11.6 Å². The number of rotatable bonds is 6. The lowest BCUT2D eigenvalue weighted by atomic mass is 9.98. The minimum atomic E-state index is -0.611. The number of fused-ring (bicyclic) bond motifs is 4. The second kappa shape index (κ2) is 12.2. The largest absolute Gasteiger partial charge is 0.449 e. The van der Waals surface area contributed by atoms with Crippen LogP contribution in [0, 0.1) is 5.92 Å². The summed E-state index contributed by atoms with van der Waals surface area (Å²) in [6.45, 7) is 7.12. The van der Waals surface area contributed by atoms with Crippen LogP contribution in [0.1, 0.15) is 62.5 Å². The molecule has 0 bridgehead atoms. The molecular weight excluding hydrogens is 618 g/mol. The first-order valence-corrected chi connectivity index (χ1v) is 16.5. The number of alkyl carbamates (subject to hydrolysis) is 1. The van der Waals surface area contributed by atoms with Crippen molar-refractivity contribution in [1.29, 1.82) is 0 Å². The summed E-state index contributed by atoms with van der Waals surface area (Å²) in [5, 5.41) is 5.57. The van der Waals surface area contributed by atoms with Crippen molar-refractivity contribution in [3.63, 3.8) is 0 Å². The van der Waals surface area contributed by atoms with Crippen molar-refractivity contribution in [2.75, 3.05) is 37.8 Å². The standard InChI is InChI=1S/C36H38ClN5O5/c1-36(2,3)47-35(45)40-17-19-41(20-18-40)42-32(38-29-14-8-13-28(37)30(29)33(42)43)31(22-15-16-22)39-34(44)46-21-27-25-11-6-4-9-23(25)24-10-5-7-12-26(24)27/h4-14,22,27,31H,15-21H2,1-3H3,(H,39,44)/t31-/m0/s1. The van der Waals surface area contributed by atoms with Crippen molar-refractivity contribution in [1.82, 2.24) is 19.9 Å². The van der Waals surface area contributed by atoms with Crippen LogP contribution in [0.3, 0.4) is 0 Å². The van der Waals surface area contributed by atoms with Crippen LogP contribution in [0.15, 0.2) is 71.5 Å². The molecule has 1 atom stereocenters. The predicted octanol–water partition coefficient (Wildman–Crippen LogP) is 6.23. The molecule has 3 aliphatic rings. The highest BCUT2D eigenvalue weighted by molar-refractivity contribution is 6.35. The molecule has 10 nitrogen and oxygen atoms in total. The van der Waals surface area contributed by atoms with Gasteiger partial charge in [0.1, 0.15) is 12.2 Å². The Balaban J connectivity index is 1.15. The fraction of sp³-hybridized carbons (Fsp3) is 0.389. The zero-order chi connectivity index (χ0) is 32.9. The Labute approximate surface area is 278 Å². The Morgan fingerprint density at radius 1 is 0.936 bits per heavy atom. The molecule has 2 aliphatic carbocycles. The zero-order valence-electron chi connectivity index (χ0n) is 26.7.